The Morgan fingerprint density at radius 1 is 0.275 bits per heavy atom. The highest BCUT2D eigenvalue weighted by Crippen LogP contribution is 2.35. The zero-order valence-corrected chi connectivity index (χ0v) is 48.3. The highest BCUT2D eigenvalue weighted by atomic mass is 16.5. The number of allylic oxidation sites excluding steroid dienone is 5. The summed E-state index contributed by atoms with van der Waals surface area (Å²) in [5, 5.41) is 55.0. The Bertz CT molecular complexity index is 2860. The van der Waals surface area contributed by atoms with Gasteiger partial charge in [-0.05, 0) is 207 Å². The largest absolute Gasteiger partial charge is 0.493 e. The van der Waals surface area contributed by atoms with Crippen LogP contribution >= 0.6 is 0 Å². The van der Waals surface area contributed by atoms with E-state index in [0.29, 0.717) is 145 Å². The first kappa shape index (κ1) is 60.5. The zero-order valence-electron chi connectivity index (χ0n) is 48.3. The molecule has 0 spiro atoms. The van der Waals surface area contributed by atoms with Gasteiger partial charge >= 0.3 is 0 Å². The smallest absolute Gasteiger partial charge is 0.120 e. The molecule has 10 nitrogen and oxygen atoms in total. The van der Waals surface area contributed by atoms with Gasteiger partial charge in [-0.25, -0.2) is 0 Å². The van der Waals surface area contributed by atoms with Crippen LogP contribution in [0.15, 0.2) is 91.0 Å². The summed E-state index contributed by atoms with van der Waals surface area (Å²) in [6.07, 6.45) is 13.4. The maximum absolute atomic E-state index is 11.0. The molecule has 0 amide bonds. The van der Waals surface area contributed by atoms with Crippen molar-refractivity contribution in [1.29, 1.82) is 26.3 Å². The van der Waals surface area contributed by atoms with Crippen molar-refractivity contribution in [2.45, 2.75) is 101 Å². The lowest BCUT2D eigenvalue weighted by Gasteiger charge is -2.15. The van der Waals surface area contributed by atoms with E-state index in [4.69, 9.17) is 23.7 Å². The minimum Gasteiger partial charge on any atom is -0.493 e. The number of ether oxygens (including phenoxy) is 5. The standard InChI is InChI=1S/C70H75N5O5/c1-11-46(6)41-76-66-26-51-16-56(31-66)61(36-71)22-52-17-58(33-67(27-52)77-42-47(7)12-2)63(38-73)24-54-19-60(35-69(29-54)79-44-49(9)14-4)65(40-75)25-55-20-59(34-70(30-55)80-45-50(10)15-5)64(39-74)23-53-18-57(62(21-51)37-72)32-68(28-53)78-43-48(8)13-3/h16-35,46-50H,11-15,41-45H2,1-10H3/b61-22+,62-21+,63-24+,64-23+,65-25+/t46-,47-,48-,49-,50-/m0/s1. The van der Waals surface area contributed by atoms with E-state index in [2.05, 4.69) is 99.6 Å². The Morgan fingerprint density at radius 3 is 0.575 bits per heavy atom. The summed E-state index contributed by atoms with van der Waals surface area (Å²) < 4.78 is 32.1. The predicted octanol–water partition coefficient (Wildman–Crippen LogP) is 17.4. The molecule has 0 aromatic heterocycles. The van der Waals surface area contributed by atoms with Gasteiger partial charge in [-0.3, -0.25) is 0 Å². The molecular formula is C70H75N5O5. The average Bonchev–Trinajstić information content (AvgIpc) is 3.48. The van der Waals surface area contributed by atoms with Crippen molar-refractivity contribution < 1.29 is 23.7 Å². The predicted molar refractivity (Wildman–Crippen MR) is 324 cm³/mol. The average molecular weight is 1070 g/mol. The van der Waals surface area contributed by atoms with Crippen molar-refractivity contribution in [2.75, 3.05) is 33.0 Å². The number of hydrogen-bond acceptors (Lipinski definition) is 10. The molecule has 0 aliphatic heterocycles. The molecule has 1 aliphatic carbocycles. The van der Waals surface area contributed by atoms with Gasteiger partial charge in [0.15, 0.2) is 0 Å². The molecule has 6 rings (SSSR count). The third-order valence-electron chi connectivity index (χ3n) is 14.5. The van der Waals surface area contributed by atoms with Gasteiger partial charge in [0.1, 0.15) is 28.7 Å². The molecule has 10 bridgehead atoms. The van der Waals surface area contributed by atoms with E-state index < -0.39 is 0 Å². The molecule has 5 atom stereocenters. The van der Waals surface area contributed by atoms with Crippen LogP contribution in [0.5, 0.6) is 28.7 Å². The maximum Gasteiger partial charge on any atom is 0.120 e. The second kappa shape index (κ2) is 29.8. The molecule has 410 valence electrons. The fourth-order valence-corrected chi connectivity index (χ4v) is 8.24. The van der Waals surface area contributed by atoms with Crippen molar-refractivity contribution >= 4 is 58.2 Å². The molecule has 5 aromatic carbocycles. The van der Waals surface area contributed by atoms with E-state index in [1.165, 1.54) is 0 Å². The number of fused-ring (bicyclic) bond motifs is 10. The summed E-state index contributed by atoms with van der Waals surface area (Å²) in [4.78, 5) is 0. The van der Waals surface area contributed by atoms with Crippen LogP contribution in [0.2, 0.25) is 0 Å². The summed E-state index contributed by atoms with van der Waals surface area (Å²) in [7, 11) is 0. The van der Waals surface area contributed by atoms with Crippen LogP contribution in [0.1, 0.15) is 157 Å². The third kappa shape index (κ3) is 17.4. The zero-order chi connectivity index (χ0) is 57.7. The molecule has 80 heavy (non-hydrogen) atoms. The number of hydrogen-bond donors (Lipinski definition) is 0. The highest BCUT2D eigenvalue weighted by Gasteiger charge is 2.17. The maximum atomic E-state index is 11.0. The van der Waals surface area contributed by atoms with E-state index in [9.17, 15) is 26.3 Å². The Balaban J connectivity index is 1.73. The van der Waals surface area contributed by atoms with E-state index in [0.717, 1.165) is 32.1 Å². The molecule has 0 unspecified atom stereocenters. The normalized spacial score (nSPS) is 17.4. The SMILES string of the molecule is CC[C@H](C)COc1cc2cc(c1)/C(C#N)=C/c1cc(OC[C@@H](C)CC)cc(c1)/C(C#N)=C/c1cc(OC[C@@H](C)CC)cc(c1)/C(C#N)=C/c1cc(OC[C@@H](C)CC)cc(c1)/C(C#N)=C/c1cc(OC[C@@H](C)CC)cc(c1)/C(C#N)=C/2. The quantitative estimate of drug-likeness (QED) is 0.0732. The molecule has 0 saturated carbocycles. The van der Waals surface area contributed by atoms with Crippen LogP contribution in [0.4, 0.5) is 0 Å². The van der Waals surface area contributed by atoms with Crippen LogP contribution in [-0.4, -0.2) is 33.0 Å². The van der Waals surface area contributed by atoms with E-state index in [1.807, 2.05) is 91.0 Å². The Morgan fingerprint density at radius 2 is 0.438 bits per heavy atom. The summed E-state index contributed by atoms with van der Waals surface area (Å²) >= 11 is 0. The van der Waals surface area contributed by atoms with Gasteiger partial charge in [-0.1, -0.05) is 101 Å². The van der Waals surface area contributed by atoms with Gasteiger partial charge in [0, 0.05) is 0 Å². The fraction of sp³-hybridized carbons (Fsp3) is 0.357. The van der Waals surface area contributed by atoms with Crippen LogP contribution in [0.25, 0.3) is 58.2 Å². The van der Waals surface area contributed by atoms with Crippen molar-refractivity contribution in [2.24, 2.45) is 29.6 Å². The van der Waals surface area contributed by atoms with Crippen molar-refractivity contribution in [3.63, 3.8) is 0 Å². The van der Waals surface area contributed by atoms with Gasteiger partial charge < -0.3 is 23.7 Å². The van der Waals surface area contributed by atoms with Crippen molar-refractivity contribution in [3.8, 4) is 59.1 Å². The fourth-order valence-electron chi connectivity index (χ4n) is 8.24. The first-order chi connectivity index (χ1) is 38.6. The molecule has 0 fully saturated rings. The van der Waals surface area contributed by atoms with Gasteiger partial charge in [-0.15, -0.1) is 0 Å². The Kier molecular flexibility index (Phi) is 22.6. The summed E-state index contributed by atoms with van der Waals surface area (Å²) in [5.74, 6) is 3.88. The molecule has 0 N–H and O–H groups in total. The number of benzene rings is 5. The molecule has 10 heteroatoms. The van der Waals surface area contributed by atoms with Gasteiger partial charge in [0.05, 0.1) is 91.2 Å². The molecule has 5 aromatic rings. The Labute approximate surface area is 475 Å². The number of nitrogens with zero attached hydrogens (tertiary/aromatic N) is 5. The number of nitriles is 5. The highest BCUT2D eigenvalue weighted by molar-refractivity contribution is 5.98. The summed E-state index contributed by atoms with van der Waals surface area (Å²) in [6.45, 7) is 23.3. The molecule has 0 heterocycles. The van der Waals surface area contributed by atoms with Crippen LogP contribution in [0, 0.1) is 86.2 Å². The molecule has 1 aliphatic rings. The van der Waals surface area contributed by atoms with Gasteiger partial charge in [0.2, 0.25) is 0 Å². The minimum absolute atomic E-state index is 0.251. The van der Waals surface area contributed by atoms with Crippen LogP contribution < -0.4 is 23.7 Å². The minimum atomic E-state index is 0.251. The summed E-state index contributed by atoms with van der Waals surface area (Å²) in [6, 6.07) is 39.9. The second-order valence-corrected chi connectivity index (χ2v) is 21.4. The lowest BCUT2D eigenvalue weighted by Crippen LogP contribution is -2.07. The first-order valence-electron chi connectivity index (χ1n) is 28.1. The van der Waals surface area contributed by atoms with E-state index in [1.54, 1.807) is 30.4 Å². The Hall–Kier alpha value is -8.75. The number of rotatable bonds is 20. The van der Waals surface area contributed by atoms with Crippen LogP contribution in [-0.2, 0) is 0 Å². The lowest BCUT2D eigenvalue weighted by atomic mass is 9.96. The molecule has 0 saturated heterocycles. The third-order valence-corrected chi connectivity index (χ3v) is 14.5. The van der Waals surface area contributed by atoms with Crippen molar-refractivity contribution in [1.82, 2.24) is 0 Å². The summed E-state index contributed by atoms with van der Waals surface area (Å²) in [5.41, 5.74) is 7.41. The van der Waals surface area contributed by atoms with E-state index >= 15 is 0 Å². The van der Waals surface area contributed by atoms with Gasteiger partial charge in [0.25, 0.3) is 0 Å². The van der Waals surface area contributed by atoms with Gasteiger partial charge in [-0.2, -0.15) is 26.3 Å². The monoisotopic (exact) mass is 1070 g/mol. The van der Waals surface area contributed by atoms with Crippen molar-refractivity contribution in [3.05, 3.63) is 147 Å². The molecule has 0 radical (unpaired) electrons. The lowest BCUT2D eigenvalue weighted by molar-refractivity contribution is 0.256. The topological polar surface area (TPSA) is 165 Å². The molecular weight excluding hydrogens is 991 g/mol. The first-order valence-corrected chi connectivity index (χ1v) is 28.1. The second-order valence-electron chi connectivity index (χ2n) is 21.4. The van der Waals surface area contributed by atoms with E-state index in [-0.39, 0.29) is 29.6 Å². The van der Waals surface area contributed by atoms with Crippen LogP contribution in [0.3, 0.4) is 0 Å².